The molecule has 0 fully saturated rings. The molecule has 1 heterocycles. The number of hydrogen-bond acceptors (Lipinski definition) is 4. The molecule has 2 N–H and O–H groups in total. The van der Waals surface area contributed by atoms with Gasteiger partial charge in [-0.05, 0) is 24.6 Å². The number of nitrogens with one attached hydrogen (secondary N) is 2. The summed E-state index contributed by atoms with van der Waals surface area (Å²) in [6.45, 7) is 1.69. The smallest absolute Gasteiger partial charge is 0.258 e. The number of aromatic nitrogens is 2. The predicted octanol–water partition coefficient (Wildman–Crippen LogP) is 1.76. The topological polar surface area (TPSA) is 85.2 Å². The highest BCUT2D eigenvalue weighted by Crippen LogP contribution is 2.19. The molecule has 122 valence electrons. The van der Waals surface area contributed by atoms with E-state index >= 15 is 0 Å². The van der Waals surface area contributed by atoms with E-state index in [0.717, 1.165) is 5.56 Å². The van der Waals surface area contributed by atoms with Crippen molar-refractivity contribution in [2.45, 2.75) is 6.92 Å². The zero-order valence-corrected chi connectivity index (χ0v) is 13.8. The zero-order chi connectivity index (χ0) is 17.0. The van der Waals surface area contributed by atoms with Crippen LogP contribution in [-0.2, 0) is 11.8 Å². The Bertz CT molecular complexity index is 742. The van der Waals surface area contributed by atoms with Crippen molar-refractivity contribution in [3.05, 3.63) is 40.5 Å². The van der Waals surface area contributed by atoms with E-state index in [1.54, 1.807) is 25.2 Å². The van der Waals surface area contributed by atoms with Crippen LogP contribution in [0.15, 0.2) is 24.4 Å². The van der Waals surface area contributed by atoms with Crippen LogP contribution in [0, 0.1) is 6.92 Å². The Balaban J connectivity index is 1.93. The first-order valence-corrected chi connectivity index (χ1v) is 7.20. The first-order valence-electron chi connectivity index (χ1n) is 6.82. The number of methoxy groups -OCH3 is 1. The molecule has 7 nitrogen and oxygen atoms in total. The van der Waals surface area contributed by atoms with Crippen molar-refractivity contribution in [1.29, 1.82) is 0 Å². The Morgan fingerprint density at radius 2 is 2.13 bits per heavy atom. The second-order valence-electron chi connectivity index (χ2n) is 4.92. The molecular weight excluding hydrogens is 320 g/mol. The van der Waals surface area contributed by atoms with E-state index in [9.17, 15) is 9.59 Å². The van der Waals surface area contributed by atoms with E-state index in [2.05, 4.69) is 15.7 Å². The minimum Gasteiger partial charge on any atom is -0.479 e. The lowest BCUT2D eigenvalue weighted by molar-refractivity contribution is -0.115. The fraction of sp³-hybridized carbons (Fsp3) is 0.267. The van der Waals surface area contributed by atoms with Gasteiger partial charge in [0.2, 0.25) is 11.8 Å². The molecule has 8 heteroatoms. The number of hydrogen-bond donors (Lipinski definition) is 2. The Morgan fingerprint density at radius 1 is 1.39 bits per heavy atom. The summed E-state index contributed by atoms with van der Waals surface area (Å²) in [6.07, 6.45) is 1.52. The quantitative estimate of drug-likeness (QED) is 0.871. The van der Waals surface area contributed by atoms with Crippen molar-refractivity contribution in [1.82, 2.24) is 15.1 Å². The number of aryl methyl sites for hydroxylation is 2. The molecule has 2 rings (SSSR count). The van der Waals surface area contributed by atoms with Gasteiger partial charge in [0.25, 0.3) is 5.91 Å². The maximum Gasteiger partial charge on any atom is 0.258 e. The van der Waals surface area contributed by atoms with Gasteiger partial charge in [0.15, 0.2) is 0 Å². The molecule has 0 radical (unpaired) electrons. The highest BCUT2D eigenvalue weighted by atomic mass is 35.5. The maximum absolute atomic E-state index is 12.0. The lowest BCUT2D eigenvalue weighted by Crippen LogP contribution is -2.32. The van der Waals surface area contributed by atoms with E-state index < -0.39 is 5.91 Å². The third-order valence-electron chi connectivity index (χ3n) is 3.10. The maximum atomic E-state index is 12.0. The molecule has 1 aromatic carbocycles. The Morgan fingerprint density at radius 3 is 2.78 bits per heavy atom. The van der Waals surface area contributed by atoms with Crippen LogP contribution in [0.2, 0.25) is 5.02 Å². The molecule has 23 heavy (non-hydrogen) atoms. The number of rotatable bonds is 5. The van der Waals surface area contributed by atoms with E-state index in [-0.39, 0.29) is 23.9 Å². The highest BCUT2D eigenvalue weighted by Gasteiger charge is 2.17. The van der Waals surface area contributed by atoms with Crippen molar-refractivity contribution in [3.63, 3.8) is 0 Å². The SMILES string of the molecule is COc1nn(C)cc1C(=O)NCC(=O)Nc1ccc(C)c(Cl)c1. The van der Waals surface area contributed by atoms with Gasteiger partial charge in [-0.3, -0.25) is 14.3 Å². The summed E-state index contributed by atoms with van der Waals surface area (Å²) in [5.74, 6) is -0.594. The van der Waals surface area contributed by atoms with Gasteiger partial charge >= 0.3 is 0 Å². The predicted molar refractivity (Wildman–Crippen MR) is 86.9 cm³/mol. The Kier molecular flexibility index (Phi) is 5.23. The summed E-state index contributed by atoms with van der Waals surface area (Å²) >= 11 is 6.00. The standard InChI is InChI=1S/C15H17ClN4O3/c1-9-4-5-10(6-12(9)16)18-13(21)7-17-14(22)11-8-20(2)19-15(11)23-3/h4-6,8H,7H2,1-3H3,(H,17,22)(H,18,21). The number of anilines is 1. The summed E-state index contributed by atoms with van der Waals surface area (Å²) in [6, 6.07) is 5.20. The lowest BCUT2D eigenvalue weighted by Gasteiger charge is -2.08. The normalized spacial score (nSPS) is 10.3. The van der Waals surface area contributed by atoms with E-state index in [1.807, 2.05) is 6.92 Å². The Hall–Kier alpha value is -2.54. The first kappa shape index (κ1) is 16.8. The fourth-order valence-corrected chi connectivity index (χ4v) is 2.09. The molecule has 0 aliphatic rings. The number of halogens is 1. The average Bonchev–Trinajstić information content (AvgIpc) is 2.90. The zero-order valence-electron chi connectivity index (χ0n) is 13.0. The summed E-state index contributed by atoms with van der Waals surface area (Å²) in [5.41, 5.74) is 1.75. The van der Waals surface area contributed by atoms with Crippen LogP contribution in [0.3, 0.4) is 0 Å². The van der Waals surface area contributed by atoms with Gasteiger partial charge < -0.3 is 15.4 Å². The highest BCUT2D eigenvalue weighted by molar-refractivity contribution is 6.31. The molecule has 0 atom stereocenters. The van der Waals surface area contributed by atoms with Gasteiger partial charge in [0, 0.05) is 24.0 Å². The van der Waals surface area contributed by atoms with Crippen molar-refractivity contribution < 1.29 is 14.3 Å². The lowest BCUT2D eigenvalue weighted by atomic mass is 10.2. The summed E-state index contributed by atoms with van der Waals surface area (Å²) in [4.78, 5) is 23.9. The Labute approximate surface area is 138 Å². The molecule has 2 aromatic rings. The fourth-order valence-electron chi connectivity index (χ4n) is 1.91. The summed E-state index contributed by atoms with van der Waals surface area (Å²) < 4.78 is 6.47. The van der Waals surface area contributed by atoms with Crippen LogP contribution < -0.4 is 15.4 Å². The molecule has 0 aliphatic carbocycles. The minimum absolute atomic E-state index is 0.178. The van der Waals surface area contributed by atoms with Crippen LogP contribution in [0.1, 0.15) is 15.9 Å². The molecule has 0 unspecified atom stereocenters. The number of carbonyl (C=O) groups excluding carboxylic acids is 2. The largest absolute Gasteiger partial charge is 0.479 e. The number of ether oxygens (including phenoxy) is 1. The third kappa shape index (κ3) is 4.23. The second kappa shape index (κ2) is 7.15. The number of amides is 2. The van der Waals surface area contributed by atoms with Crippen molar-refractivity contribution in [2.75, 3.05) is 19.0 Å². The van der Waals surface area contributed by atoms with Gasteiger partial charge in [-0.1, -0.05) is 17.7 Å². The van der Waals surface area contributed by atoms with Crippen molar-refractivity contribution in [2.24, 2.45) is 7.05 Å². The number of benzene rings is 1. The first-order chi connectivity index (χ1) is 10.9. The second-order valence-corrected chi connectivity index (χ2v) is 5.33. The van der Waals surface area contributed by atoms with Gasteiger partial charge in [-0.25, -0.2) is 0 Å². The monoisotopic (exact) mass is 336 g/mol. The van der Waals surface area contributed by atoms with E-state index in [0.29, 0.717) is 10.7 Å². The molecular formula is C15H17ClN4O3. The molecule has 0 bridgehead atoms. The number of nitrogens with zero attached hydrogens (tertiary/aromatic N) is 2. The van der Waals surface area contributed by atoms with Crippen LogP contribution in [-0.4, -0.2) is 35.2 Å². The van der Waals surface area contributed by atoms with Crippen LogP contribution in [0.25, 0.3) is 0 Å². The molecule has 0 aliphatic heterocycles. The molecule has 0 saturated carbocycles. The molecule has 0 saturated heterocycles. The van der Waals surface area contributed by atoms with E-state index in [4.69, 9.17) is 16.3 Å². The molecule has 2 amide bonds. The van der Waals surface area contributed by atoms with Crippen LogP contribution in [0.4, 0.5) is 5.69 Å². The van der Waals surface area contributed by atoms with Crippen LogP contribution in [0.5, 0.6) is 5.88 Å². The minimum atomic E-state index is -0.438. The molecule has 1 aromatic heterocycles. The van der Waals surface area contributed by atoms with E-state index in [1.165, 1.54) is 18.0 Å². The average molecular weight is 337 g/mol. The number of carbonyl (C=O) groups is 2. The van der Waals surface area contributed by atoms with Gasteiger partial charge in [0.05, 0.1) is 13.7 Å². The summed E-state index contributed by atoms with van der Waals surface area (Å²) in [7, 11) is 3.10. The summed E-state index contributed by atoms with van der Waals surface area (Å²) in [5, 5.41) is 9.72. The van der Waals surface area contributed by atoms with Crippen molar-refractivity contribution >= 4 is 29.1 Å². The van der Waals surface area contributed by atoms with Crippen LogP contribution >= 0.6 is 11.6 Å². The van der Waals surface area contributed by atoms with Gasteiger partial charge in [-0.2, -0.15) is 0 Å². The van der Waals surface area contributed by atoms with Gasteiger partial charge in [-0.15, -0.1) is 5.10 Å². The van der Waals surface area contributed by atoms with Gasteiger partial charge in [0.1, 0.15) is 5.56 Å². The third-order valence-corrected chi connectivity index (χ3v) is 3.51. The van der Waals surface area contributed by atoms with Crippen molar-refractivity contribution in [3.8, 4) is 5.88 Å². The molecule has 0 spiro atoms.